The molecule has 2 bridgehead atoms. The van der Waals surface area contributed by atoms with Crippen molar-refractivity contribution in [3.63, 3.8) is 0 Å². The fraction of sp³-hybridized carbons (Fsp3) is 0.238. The molecule has 4 rings (SSSR count). The molecule has 0 aromatic heterocycles. The van der Waals surface area contributed by atoms with Crippen molar-refractivity contribution in [1.82, 2.24) is 4.90 Å². The van der Waals surface area contributed by atoms with Crippen molar-refractivity contribution in [1.29, 1.82) is 0 Å². The Hall–Kier alpha value is -1.83. The summed E-state index contributed by atoms with van der Waals surface area (Å²) in [6.45, 7) is 5.47. The molecule has 2 heterocycles. The van der Waals surface area contributed by atoms with Gasteiger partial charge in [-0.15, -0.1) is 0 Å². The van der Waals surface area contributed by atoms with Crippen molar-refractivity contribution in [2.45, 2.75) is 6.92 Å². The van der Waals surface area contributed by atoms with Gasteiger partial charge in [-0.3, -0.25) is 4.90 Å². The second kappa shape index (κ2) is 5.99. The number of halogens is 1. The van der Waals surface area contributed by atoms with Crippen LogP contribution < -0.4 is 0 Å². The van der Waals surface area contributed by atoms with Gasteiger partial charge in [0.25, 0.3) is 0 Å². The summed E-state index contributed by atoms with van der Waals surface area (Å²) in [7, 11) is 0. The molecule has 2 aliphatic heterocycles. The third-order valence-corrected chi connectivity index (χ3v) is 5.28. The van der Waals surface area contributed by atoms with Gasteiger partial charge in [0.1, 0.15) is 0 Å². The number of hydrogen-bond acceptors (Lipinski definition) is 1. The molecule has 0 saturated heterocycles. The average molecular weight is 322 g/mol. The molecule has 0 saturated carbocycles. The third kappa shape index (κ3) is 2.75. The lowest BCUT2D eigenvalue weighted by Gasteiger charge is -2.40. The molecule has 23 heavy (non-hydrogen) atoms. The van der Waals surface area contributed by atoms with Crippen LogP contribution >= 0.6 is 11.6 Å². The Bertz CT molecular complexity index is 788. The highest BCUT2D eigenvalue weighted by Crippen LogP contribution is 2.40. The van der Waals surface area contributed by atoms with E-state index in [-0.39, 0.29) is 0 Å². The normalized spacial score (nSPS) is 23.7. The van der Waals surface area contributed by atoms with E-state index in [4.69, 9.17) is 11.6 Å². The van der Waals surface area contributed by atoms with Crippen molar-refractivity contribution in [2.24, 2.45) is 5.92 Å². The Morgan fingerprint density at radius 2 is 1.78 bits per heavy atom. The van der Waals surface area contributed by atoms with Crippen molar-refractivity contribution in [2.75, 3.05) is 19.6 Å². The summed E-state index contributed by atoms with van der Waals surface area (Å²) >= 11 is 6.21. The van der Waals surface area contributed by atoms with Crippen LogP contribution in [0.5, 0.6) is 0 Å². The molecular weight excluding hydrogens is 302 g/mol. The van der Waals surface area contributed by atoms with Crippen molar-refractivity contribution in [3.05, 3.63) is 82.4 Å². The van der Waals surface area contributed by atoms with Gasteiger partial charge in [-0.05, 0) is 41.3 Å². The van der Waals surface area contributed by atoms with Crippen LogP contribution in [-0.4, -0.2) is 24.5 Å². The fourth-order valence-corrected chi connectivity index (χ4v) is 3.99. The van der Waals surface area contributed by atoms with Crippen LogP contribution in [0, 0.1) is 5.92 Å². The molecule has 2 aromatic rings. The van der Waals surface area contributed by atoms with E-state index in [1.54, 1.807) is 0 Å². The van der Waals surface area contributed by atoms with Gasteiger partial charge in [-0.2, -0.15) is 0 Å². The zero-order chi connectivity index (χ0) is 15.8. The fourth-order valence-electron chi connectivity index (χ4n) is 3.80. The van der Waals surface area contributed by atoms with Crippen LogP contribution in [0.15, 0.2) is 66.2 Å². The Morgan fingerprint density at radius 1 is 1.00 bits per heavy atom. The van der Waals surface area contributed by atoms with E-state index in [9.17, 15) is 0 Å². The lowest BCUT2D eigenvalue weighted by atomic mass is 9.78. The number of fused-ring (bicyclic) bond motifs is 2. The second-order valence-electron chi connectivity index (χ2n) is 6.44. The lowest BCUT2D eigenvalue weighted by Crippen LogP contribution is -2.40. The van der Waals surface area contributed by atoms with Crippen LogP contribution in [0.2, 0.25) is 5.02 Å². The van der Waals surface area contributed by atoms with Crippen molar-refractivity contribution >= 4 is 22.7 Å². The van der Waals surface area contributed by atoms with Crippen molar-refractivity contribution in [3.8, 4) is 0 Å². The summed E-state index contributed by atoms with van der Waals surface area (Å²) in [4.78, 5) is 2.54. The summed E-state index contributed by atoms with van der Waals surface area (Å²) < 4.78 is 0. The van der Waals surface area contributed by atoms with Crippen LogP contribution in [0.25, 0.3) is 11.1 Å². The van der Waals surface area contributed by atoms with Gasteiger partial charge in [-0.1, -0.05) is 65.7 Å². The second-order valence-corrected chi connectivity index (χ2v) is 6.88. The molecule has 0 fully saturated rings. The molecule has 2 atom stereocenters. The topological polar surface area (TPSA) is 3.24 Å². The maximum Gasteiger partial charge on any atom is 0.0412 e. The monoisotopic (exact) mass is 321 g/mol. The van der Waals surface area contributed by atoms with Gasteiger partial charge in [-0.25, -0.2) is 0 Å². The first-order valence-electron chi connectivity index (χ1n) is 8.16. The van der Waals surface area contributed by atoms with E-state index in [1.165, 1.54) is 27.8 Å². The average Bonchev–Trinajstić information content (AvgIpc) is 2.59. The number of benzene rings is 2. The molecule has 2 aromatic carbocycles. The first kappa shape index (κ1) is 14.7. The molecule has 0 radical (unpaired) electrons. The zero-order valence-corrected chi connectivity index (χ0v) is 14.1. The Kier molecular flexibility index (Phi) is 3.84. The molecule has 0 N–H and O–H groups in total. The minimum atomic E-state index is 0.464. The third-order valence-electron chi connectivity index (χ3n) is 5.05. The summed E-state index contributed by atoms with van der Waals surface area (Å²) in [6, 6.07) is 19.1. The Balaban J connectivity index is 1.77. The summed E-state index contributed by atoms with van der Waals surface area (Å²) in [6.07, 6.45) is 2.38. The van der Waals surface area contributed by atoms with Crippen LogP contribution in [0.3, 0.4) is 0 Å². The van der Waals surface area contributed by atoms with E-state index >= 15 is 0 Å². The smallest absolute Gasteiger partial charge is 0.0412 e. The van der Waals surface area contributed by atoms with Gasteiger partial charge in [0.05, 0.1) is 0 Å². The van der Waals surface area contributed by atoms with Gasteiger partial charge in [0.15, 0.2) is 0 Å². The molecular formula is C21H20ClN. The summed E-state index contributed by atoms with van der Waals surface area (Å²) in [5.74, 6) is 0.464. The molecule has 2 heteroatoms. The van der Waals surface area contributed by atoms with Crippen molar-refractivity contribution < 1.29 is 0 Å². The molecule has 116 valence electrons. The standard InChI is InChI=1S/C21H20ClN/c1-15-20(16-6-3-2-4-7-16)13-23-11-10-19(21(15)14-23)17-8-5-9-18(22)12-17/h2-10,12,21H,11,13-14H2,1H3/t21-/m0/s1. The highest BCUT2D eigenvalue weighted by atomic mass is 35.5. The maximum absolute atomic E-state index is 6.21. The quantitative estimate of drug-likeness (QED) is 0.740. The number of hydrogen-bond donors (Lipinski definition) is 0. The Morgan fingerprint density at radius 3 is 2.57 bits per heavy atom. The van der Waals surface area contributed by atoms with E-state index in [0.29, 0.717) is 5.92 Å². The van der Waals surface area contributed by atoms with Gasteiger partial charge < -0.3 is 0 Å². The first-order chi connectivity index (χ1) is 11.2. The highest BCUT2D eigenvalue weighted by molar-refractivity contribution is 6.30. The molecule has 0 amide bonds. The SMILES string of the molecule is CC1=C(c2ccccc2)CN2CC=C(c3cccc(Cl)c3)[C@H]1C2. The first-order valence-corrected chi connectivity index (χ1v) is 8.53. The van der Waals surface area contributed by atoms with E-state index < -0.39 is 0 Å². The Labute approximate surface area is 142 Å². The van der Waals surface area contributed by atoms with Crippen LogP contribution in [0.4, 0.5) is 0 Å². The lowest BCUT2D eigenvalue weighted by molar-refractivity contribution is 0.295. The molecule has 0 spiro atoms. The maximum atomic E-state index is 6.21. The zero-order valence-electron chi connectivity index (χ0n) is 13.3. The summed E-state index contributed by atoms with van der Waals surface area (Å²) in [5.41, 5.74) is 7.02. The predicted octanol–water partition coefficient (Wildman–Crippen LogP) is 5.14. The predicted molar refractivity (Wildman–Crippen MR) is 98.4 cm³/mol. The minimum Gasteiger partial charge on any atom is -0.294 e. The van der Waals surface area contributed by atoms with E-state index in [0.717, 1.165) is 24.7 Å². The van der Waals surface area contributed by atoms with Gasteiger partial charge in [0, 0.05) is 30.6 Å². The van der Waals surface area contributed by atoms with Gasteiger partial charge >= 0.3 is 0 Å². The largest absolute Gasteiger partial charge is 0.294 e. The highest BCUT2D eigenvalue weighted by Gasteiger charge is 2.31. The molecule has 2 aliphatic rings. The van der Waals surface area contributed by atoms with Crippen LogP contribution in [-0.2, 0) is 0 Å². The summed E-state index contributed by atoms with van der Waals surface area (Å²) in [5, 5.41) is 0.812. The van der Waals surface area contributed by atoms with Crippen LogP contribution in [0.1, 0.15) is 18.1 Å². The van der Waals surface area contributed by atoms with Gasteiger partial charge in [0.2, 0.25) is 0 Å². The van der Waals surface area contributed by atoms with E-state index in [2.05, 4.69) is 60.4 Å². The minimum absolute atomic E-state index is 0.464. The number of rotatable bonds is 2. The number of nitrogens with zero attached hydrogens (tertiary/aromatic N) is 1. The molecule has 1 nitrogen and oxygen atoms in total. The van der Waals surface area contributed by atoms with E-state index in [1.807, 2.05) is 12.1 Å². The molecule has 1 unspecified atom stereocenters. The molecule has 0 aliphatic carbocycles.